The molecule has 0 fully saturated rings. The summed E-state index contributed by atoms with van der Waals surface area (Å²) < 4.78 is 13.1. The Morgan fingerprint density at radius 1 is 1.32 bits per heavy atom. The molecule has 1 aromatic carbocycles. The zero-order chi connectivity index (χ0) is 14.3. The second-order valence-corrected chi connectivity index (χ2v) is 5.65. The number of ether oxygens (including phenoxy) is 2. The summed E-state index contributed by atoms with van der Waals surface area (Å²) in [6.07, 6.45) is 3.98. The Morgan fingerprint density at radius 3 is 2.42 bits per heavy atom. The molecule has 1 aromatic rings. The quantitative estimate of drug-likeness (QED) is 0.508. The van der Waals surface area contributed by atoms with E-state index in [0.717, 1.165) is 11.3 Å². The highest BCUT2D eigenvalue weighted by atomic mass is 127. The molecular weight excluding hydrogens is 351 g/mol. The van der Waals surface area contributed by atoms with Crippen molar-refractivity contribution in [2.45, 2.75) is 26.6 Å². The van der Waals surface area contributed by atoms with Crippen LogP contribution in [0.15, 0.2) is 47.1 Å². The summed E-state index contributed by atoms with van der Waals surface area (Å²) in [5.41, 5.74) is 1.07. The van der Waals surface area contributed by atoms with E-state index in [0.29, 0.717) is 6.61 Å². The van der Waals surface area contributed by atoms with E-state index in [1.807, 2.05) is 34.4 Å². The molecule has 0 unspecified atom stereocenters. The third kappa shape index (κ3) is 4.99. The van der Waals surface area contributed by atoms with Gasteiger partial charge in [-0.3, -0.25) is 0 Å². The Hall–Kier alpha value is -0.810. The predicted molar refractivity (Wildman–Crippen MR) is 88.7 cm³/mol. The minimum Gasteiger partial charge on any atom is -0.497 e. The van der Waals surface area contributed by atoms with E-state index < -0.39 is 0 Å². The average Bonchev–Trinajstić information content (AvgIpc) is 2.39. The minimum absolute atomic E-state index is 0.0133. The number of hydrogen-bond acceptors (Lipinski definition) is 2. The Labute approximate surface area is 129 Å². The van der Waals surface area contributed by atoms with Crippen LogP contribution in [0.3, 0.4) is 0 Å². The molecule has 0 aliphatic rings. The lowest BCUT2D eigenvalue weighted by Gasteiger charge is -2.29. The molecule has 0 saturated carbocycles. The van der Waals surface area contributed by atoms with Crippen molar-refractivity contribution in [2.24, 2.45) is 5.41 Å². The van der Waals surface area contributed by atoms with E-state index >= 15 is 0 Å². The summed E-state index contributed by atoms with van der Waals surface area (Å²) in [4.78, 5) is 0. The molecule has 0 bridgehead atoms. The van der Waals surface area contributed by atoms with Crippen LogP contribution >= 0.6 is 22.6 Å². The van der Waals surface area contributed by atoms with Crippen molar-refractivity contribution < 1.29 is 9.47 Å². The van der Waals surface area contributed by atoms with Crippen LogP contribution in [-0.2, 0) is 11.3 Å². The van der Waals surface area contributed by atoms with Gasteiger partial charge in [0.05, 0.1) is 19.8 Å². The fourth-order valence-corrected chi connectivity index (χ4v) is 2.68. The first-order chi connectivity index (χ1) is 9.03. The van der Waals surface area contributed by atoms with Gasteiger partial charge in [0.15, 0.2) is 0 Å². The molecule has 0 saturated heterocycles. The molecule has 19 heavy (non-hydrogen) atoms. The zero-order valence-electron chi connectivity index (χ0n) is 11.7. The van der Waals surface area contributed by atoms with Gasteiger partial charge in [0.2, 0.25) is 0 Å². The van der Waals surface area contributed by atoms with Crippen LogP contribution in [0.5, 0.6) is 5.75 Å². The Bertz CT molecular complexity index is 421. The van der Waals surface area contributed by atoms with Crippen molar-refractivity contribution in [1.82, 2.24) is 0 Å². The number of methoxy groups -OCH3 is 1. The average molecular weight is 372 g/mol. The Kier molecular flexibility index (Phi) is 6.58. The van der Waals surface area contributed by atoms with Crippen molar-refractivity contribution in [1.29, 1.82) is 0 Å². The third-order valence-corrected chi connectivity index (χ3v) is 3.39. The van der Waals surface area contributed by atoms with E-state index in [1.54, 1.807) is 7.11 Å². The van der Waals surface area contributed by atoms with Crippen molar-refractivity contribution in [3.63, 3.8) is 0 Å². The number of rotatable bonds is 7. The first-order valence-corrected chi connectivity index (χ1v) is 7.43. The van der Waals surface area contributed by atoms with Gasteiger partial charge >= 0.3 is 0 Å². The van der Waals surface area contributed by atoms with Gasteiger partial charge in [-0.2, -0.15) is 0 Å². The van der Waals surface area contributed by atoms with E-state index in [2.05, 4.69) is 49.1 Å². The zero-order valence-corrected chi connectivity index (χ0v) is 13.9. The molecule has 0 heterocycles. The second kappa shape index (κ2) is 7.70. The SMILES string of the molecule is C=C[C@H](OCc1ccc(OC)cc1)C(C)(C)/C=C/I. The first kappa shape index (κ1) is 16.2. The Balaban J connectivity index is 2.64. The topological polar surface area (TPSA) is 18.5 Å². The molecule has 1 atom stereocenters. The summed E-state index contributed by atoms with van der Waals surface area (Å²) in [5.74, 6) is 0.859. The lowest BCUT2D eigenvalue weighted by atomic mass is 9.86. The lowest BCUT2D eigenvalue weighted by molar-refractivity contribution is 0.0164. The highest BCUT2D eigenvalue weighted by molar-refractivity contribution is 14.1. The van der Waals surface area contributed by atoms with E-state index in [9.17, 15) is 0 Å². The summed E-state index contributed by atoms with van der Waals surface area (Å²) >= 11 is 2.23. The van der Waals surface area contributed by atoms with Crippen LogP contribution in [0.25, 0.3) is 0 Å². The van der Waals surface area contributed by atoms with Gasteiger partial charge in [0.1, 0.15) is 5.75 Å². The lowest BCUT2D eigenvalue weighted by Crippen LogP contribution is -2.28. The molecule has 0 spiro atoms. The minimum atomic E-state index is -0.0601. The number of halogens is 1. The maximum Gasteiger partial charge on any atom is 0.118 e. The van der Waals surface area contributed by atoms with Crippen LogP contribution in [0.4, 0.5) is 0 Å². The highest BCUT2D eigenvalue weighted by Crippen LogP contribution is 2.27. The van der Waals surface area contributed by atoms with Crippen molar-refractivity contribution in [3.05, 3.63) is 52.6 Å². The van der Waals surface area contributed by atoms with Crippen LogP contribution in [0.2, 0.25) is 0 Å². The summed E-state index contributed by atoms with van der Waals surface area (Å²) in [6, 6.07) is 7.91. The fraction of sp³-hybridized carbons (Fsp3) is 0.375. The molecule has 3 heteroatoms. The number of benzene rings is 1. The molecule has 0 N–H and O–H groups in total. The fourth-order valence-electron chi connectivity index (χ4n) is 1.75. The first-order valence-electron chi connectivity index (χ1n) is 6.18. The van der Waals surface area contributed by atoms with Crippen LogP contribution in [-0.4, -0.2) is 13.2 Å². The smallest absolute Gasteiger partial charge is 0.118 e. The van der Waals surface area contributed by atoms with E-state index in [-0.39, 0.29) is 11.5 Å². The van der Waals surface area contributed by atoms with Gasteiger partial charge in [0.25, 0.3) is 0 Å². The van der Waals surface area contributed by atoms with Crippen LogP contribution < -0.4 is 4.74 Å². The van der Waals surface area contributed by atoms with Crippen LogP contribution in [0.1, 0.15) is 19.4 Å². The molecule has 1 rings (SSSR count). The molecule has 0 radical (unpaired) electrons. The number of hydrogen-bond donors (Lipinski definition) is 0. The van der Waals surface area contributed by atoms with Crippen molar-refractivity contribution in [2.75, 3.05) is 7.11 Å². The van der Waals surface area contributed by atoms with E-state index in [1.165, 1.54) is 0 Å². The molecule has 0 amide bonds. The summed E-state index contributed by atoms with van der Waals surface area (Å²) in [6.45, 7) is 8.72. The molecule has 2 nitrogen and oxygen atoms in total. The van der Waals surface area contributed by atoms with Gasteiger partial charge in [-0.05, 0) is 21.8 Å². The molecule has 104 valence electrons. The van der Waals surface area contributed by atoms with Crippen LogP contribution in [0, 0.1) is 5.41 Å². The largest absolute Gasteiger partial charge is 0.497 e. The van der Waals surface area contributed by atoms with Gasteiger partial charge in [-0.1, -0.05) is 60.7 Å². The predicted octanol–water partition coefficient (Wildman–Crippen LogP) is 4.74. The third-order valence-electron chi connectivity index (χ3n) is 3.03. The molecule has 0 aliphatic heterocycles. The van der Waals surface area contributed by atoms with Gasteiger partial charge in [-0.25, -0.2) is 0 Å². The summed E-state index contributed by atoms with van der Waals surface area (Å²) in [5, 5.41) is 0. The highest BCUT2D eigenvalue weighted by Gasteiger charge is 2.24. The van der Waals surface area contributed by atoms with Gasteiger partial charge < -0.3 is 9.47 Å². The van der Waals surface area contributed by atoms with Gasteiger partial charge in [-0.15, -0.1) is 6.58 Å². The maximum absolute atomic E-state index is 5.95. The molecule has 0 aliphatic carbocycles. The van der Waals surface area contributed by atoms with Crippen molar-refractivity contribution in [3.8, 4) is 5.75 Å². The van der Waals surface area contributed by atoms with Gasteiger partial charge in [0, 0.05) is 5.41 Å². The molecule has 0 aromatic heterocycles. The normalized spacial score (nSPS) is 13.5. The standard InChI is InChI=1S/C16H21IO2/c1-5-15(16(2,3)10-11-17)19-12-13-6-8-14(18-4)9-7-13/h5-11,15H,1,12H2,2-4H3/b11-10+/t15-/m0/s1. The Morgan fingerprint density at radius 2 is 1.95 bits per heavy atom. The molecular formula is C16H21IO2. The maximum atomic E-state index is 5.95. The second-order valence-electron chi connectivity index (χ2n) is 4.93. The van der Waals surface area contributed by atoms with E-state index in [4.69, 9.17) is 9.47 Å². The summed E-state index contributed by atoms with van der Waals surface area (Å²) in [7, 11) is 1.66. The monoisotopic (exact) mass is 372 g/mol. The van der Waals surface area contributed by atoms with Crippen molar-refractivity contribution >= 4 is 22.6 Å².